The van der Waals surface area contributed by atoms with E-state index in [0.29, 0.717) is 56.5 Å². The number of esters is 1. The molecule has 1 aromatic heterocycles. The van der Waals surface area contributed by atoms with Gasteiger partial charge in [0.25, 0.3) is 11.7 Å². The summed E-state index contributed by atoms with van der Waals surface area (Å²) in [5.74, 6) is -8.97. The van der Waals surface area contributed by atoms with Crippen molar-refractivity contribution in [1.29, 1.82) is 0 Å². The molecule has 4 heterocycles. The summed E-state index contributed by atoms with van der Waals surface area (Å²) in [5, 5.41) is 53.2. The van der Waals surface area contributed by atoms with Gasteiger partial charge >= 0.3 is 5.97 Å². The molecule has 3 fully saturated rings. The normalized spacial score (nSPS) is 29.6. The lowest BCUT2D eigenvalue weighted by atomic mass is 9.78. The van der Waals surface area contributed by atoms with Crippen LogP contribution in [0.25, 0.3) is 0 Å². The monoisotopic (exact) mass is 1430 g/mol. The van der Waals surface area contributed by atoms with Crippen LogP contribution >= 0.6 is 0 Å². The van der Waals surface area contributed by atoms with Crippen LogP contribution in [0, 0.1) is 41.4 Å². The number of ketones is 2. The third kappa shape index (κ3) is 23.0. The number of methoxy groups -OCH3 is 4. The molecule has 4 aliphatic rings. The second-order valence-corrected chi connectivity index (χ2v) is 30.9. The average molecular weight is 1430 g/mol. The van der Waals surface area contributed by atoms with Crippen molar-refractivity contribution in [3.63, 3.8) is 0 Å². The van der Waals surface area contributed by atoms with E-state index in [1.54, 1.807) is 45.2 Å². The Morgan fingerprint density at radius 2 is 1.51 bits per heavy atom. The molecule has 2 bridgehead atoms. The number of hydrogen-bond acceptors (Lipinski definition) is 19. The zero-order valence-electron chi connectivity index (χ0n) is 60.9. The Kier molecular flexibility index (Phi) is 31.5. The fourth-order valence-electron chi connectivity index (χ4n) is 14.8. The minimum Gasteiger partial charge on any atom is -0.497 e. The number of aliphatic hydroxyl groups excluding tert-OH is 3. The van der Waals surface area contributed by atoms with Crippen LogP contribution in [0.3, 0.4) is 0 Å². The predicted molar refractivity (Wildman–Crippen MR) is 379 cm³/mol. The number of nitrogens with zero attached hydrogens (tertiary/aromatic N) is 2. The number of piperidine rings is 1. The molecule has 23 nitrogen and oxygen atoms in total. The first kappa shape index (κ1) is 81.8. The summed E-state index contributed by atoms with van der Waals surface area (Å²) < 4.78 is 70.5. The van der Waals surface area contributed by atoms with Gasteiger partial charge in [-0.05, 0) is 157 Å². The number of fused-ring (bicyclic) bond motifs is 3. The van der Waals surface area contributed by atoms with Crippen molar-refractivity contribution in [2.75, 3.05) is 54.7 Å². The lowest BCUT2D eigenvalue weighted by Crippen LogP contribution is -2.64. The molecule has 7 rings (SSSR count). The van der Waals surface area contributed by atoms with E-state index in [1.807, 2.05) is 83.2 Å². The molecule has 2 aromatic carbocycles. The van der Waals surface area contributed by atoms with Crippen molar-refractivity contribution < 1.29 is 90.4 Å². The number of allylic oxidation sites excluding steroid dienone is 5. The molecule has 17 atom stereocenters. The van der Waals surface area contributed by atoms with E-state index >= 15 is 0 Å². The van der Waals surface area contributed by atoms with Crippen LogP contribution in [0.1, 0.15) is 150 Å². The molecule has 560 valence electrons. The van der Waals surface area contributed by atoms with Crippen LogP contribution in [0.2, 0.25) is 0 Å². The molecule has 1 unspecified atom stereocenters. The lowest BCUT2D eigenvalue weighted by molar-refractivity contribution is -0.302. The molecule has 1 aliphatic carbocycles. The van der Waals surface area contributed by atoms with Gasteiger partial charge in [0.05, 0.1) is 67.5 Å². The number of ether oxygens (including phenoxy) is 6. The molecule has 2 saturated heterocycles. The fourth-order valence-corrected chi connectivity index (χ4v) is 16.4. The number of carbonyl (C=O) groups excluding carboxylic acids is 6. The molecular formula is C77H112N4O19S. The van der Waals surface area contributed by atoms with Gasteiger partial charge in [0, 0.05) is 90.4 Å². The number of amides is 3. The molecule has 1 saturated carbocycles. The number of nitrogens with one attached hydrogen (secondary N) is 2. The minimum absolute atomic E-state index is 0.00104. The van der Waals surface area contributed by atoms with Crippen molar-refractivity contribution in [3.8, 4) is 5.75 Å². The van der Waals surface area contributed by atoms with Gasteiger partial charge in [-0.15, -0.1) is 0 Å². The Hall–Kier alpha value is -6.45. The Labute approximate surface area is 597 Å². The lowest BCUT2D eigenvalue weighted by Gasteiger charge is -2.47. The molecule has 3 aliphatic heterocycles. The van der Waals surface area contributed by atoms with Crippen LogP contribution in [-0.4, -0.2) is 195 Å². The third-order valence-electron chi connectivity index (χ3n) is 20.6. The van der Waals surface area contributed by atoms with E-state index in [1.165, 1.54) is 48.9 Å². The number of furan rings is 1. The van der Waals surface area contributed by atoms with E-state index < -0.39 is 124 Å². The summed E-state index contributed by atoms with van der Waals surface area (Å²) in [4.78, 5) is 87.7. The largest absolute Gasteiger partial charge is 0.497 e. The molecule has 24 heteroatoms. The molecule has 6 N–H and O–H groups in total. The second-order valence-electron chi connectivity index (χ2n) is 28.9. The van der Waals surface area contributed by atoms with Crippen LogP contribution in [0.5, 0.6) is 5.75 Å². The van der Waals surface area contributed by atoms with Gasteiger partial charge < -0.3 is 68.8 Å². The van der Waals surface area contributed by atoms with Gasteiger partial charge in [0.1, 0.15) is 29.4 Å². The number of benzene rings is 2. The van der Waals surface area contributed by atoms with Crippen molar-refractivity contribution in [2.24, 2.45) is 41.4 Å². The molecular weight excluding hydrogens is 1320 g/mol. The highest BCUT2D eigenvalue weighted by Crippen LogP contribution is 2.40. The van der Waals surface area contributed by atoms with E-state index in [0.717, 1.165) is 16.7 Å². The minimum atomic E-state index is -4.12. The summed E-state index contributed by atoms with van der Waals surface area (Å²) in [6.07, 6.45) is 7.25. The number of aliphatic hydroxyl groups is 4. The Morgan fingerprint density at radius 3 is 2.18 bits per heavy atom. The van der Waals surface area contributed by atoms with Crippen LogP contribution in [-0.2, 0) is 75.3 Å². The standard InChI is InChI=1S/C77H112N4O19S/c1-48(2)45-80(101(92,93)60-30-28-58(94-8)29-31-60)46-67(85)62(40-54-21-14-12-15-22-54)79-72(87)43-57(42-59-24-20-34-98-59)78-71(86)26-17-13-16-23-56-36-49(3)35-50(4)37-69(96-10)73-70(97-11)39-52(6)77(91,100-73)74(88)75(89)81-33-19-18-25-63(81)76(90)99-47-61(53(7)65(83)44-66(56)84)51(5)38-55-27-32-64(82)68(41-55)95-9/h12-16,20-22,24,28-31,34,36,38,48,50,52-53,55-57,61-65,67-70,73,82-83,85,91H,17-19,23,25-27,32-33,35,37,39-47H2,1-11H3,(H,78,86)(H,79,87)/b16-13+,49-36+,51-38+/t50-,52+,53-,55-,56+,57?,61+,62+,63-,64+,65-,67-,68+,69-,70-,73+,77+/m0/s1. The first-order chi connectivity index (χ1) is 48.1. The third-order valence-corrected chi connectivity index (χ3v) is 22.4. The van der Waals surface area contributed by atoms with Crippen molar-refractivity contribution in [2.45, 2.75) is 223 Å². The topological polar surface area (TPSA) is 317 Å². The van der Waals surface area contributed by atoms with Crippen LogP contribution in [0.4, 0.5) is 0 Å². The average Bonchev–Trinajstić information content (AvgIpc) is 1.01. The summed E-state index contributed by atoms with van der Waals surface area (Å²) in [6.45, 7) is 12.5. The van der Waals surface area contributed by atoms with Crippen LogP contribution in [0.15, 0.2) is 118 Å². The van der Waals surface area contributed by atoms with E-state index in [2.05, 4.69) is 16.7 Å². The zero-order chi connectivity index (χ0) is 73.7. The zero-order valence-corrected chi connectivity index (χ0v) is 61.7. The maximum atomic E-state index is 14.9. The Balaban J connectivity index is 1.10. The van der Waals surface area contributed by atoms with Gasteiger partial charge in [-0.25, -0.2) is 13.2 Å². The summed E-state index contributed by atoms with van der Waals surface area (Å²) in [5.41, 5.74) is 2.43. The molecule has 101 heavy (non-hydrogen) atoms. The van der Waals surface area contributed by atoms with Crippen LogP contribution < -0.4 is 15.4 Å². The summed E-state index contributed by atoms with van der Waals surface area (Å²) in [6, 6.07) is 15.8. The van der Waals surface area contributed by atoms with Gasteiger partial charge in [-0.3, -0.25) is 24.0 Å². The summed E-state index contributed by atoms with van der Waals surface area (Å²) in [7, 11) is 1.92. The van der Waals surface area contributed by atoms with E-state index in [9.17, 15) is 57.6 Å². The molecule has 0 spiro atoms. The van der Waals surface area contributed by atoms with E-state index in [-0.39, 0.29) is 118 Å². The Morgan fingerprint density at radius 1 is 0.812 bits per heavy atom. The smallest absolute Gasteiger partial charge is 0.328 e. The van der Waals surface area contributed by atoms with Gasteiger partial charge in [-0.1, -0.05) is 100 Å². The van der Waals surface area contributed by atoms with Gasteiger partial charge in [0.15, 0.2) is 0 Å². The van der Waals surface area contributed by atoms with Crippen molar-refractivity contribution >= 4 is 45.3 Å². The van der Waals surface area contributed by atoms with Crippen molar-refractivity contribution in [1.82, 2.24) is 19.8 Å². The molecule has 3 aromatic rings. The fraction of sp³-hybridized carbons (Fsp3) is 0.636. The van der Waals surface area contributed by atoms with Crippen molar-refractivity contribution in [3.05, 3.63) is 120 Å². The maximum absolute atomic E-state index is 14.9. The van der Waals surface area contributed by atoms with E-state index in [4.69, 9.17) is 32.8 Å². The summed E-state index contributed by atoms with van der Waals surface area (Å²) >= 11 is 0. The molecule has 0 radical (unpaired) electrons. The second kappa shape index (κ2) is 38.9. The number of hydrogen-bond donors (Lipinski definition) is 6. The molecule has 3 amide bonds. The first-order valence-corrected chi connectivity index (χ1v) is 37.4. The first-order valence-electron chi connectivity index (χ1n) is 36.0. The number of cyclic esters (lactones) is 1. The SMILES string of the molecule is COc1ccc(S(=O)(=O)N(CC(C)C)C[C@H](O)[C@@H](Cc2ccccc2)NC(=O)CC(Cc2ccco2)NC(=O)CC/C=C/C[C@@H]2/C=C(\C)C[C@H](C)C[C@H](OC)[C@H]3O[C@@](O)(C(=O)C(=O)N4CCCC[C@H]4C(=O)OC[C@H](/C(C)=C/[C@@H]4CC[C@@H](O)[C@H](OC)C4)[C@H](C)[C@@H](O)CC2=O)[C@H](C)C[C@@H]3OC)cc1. The number of rotatable bonds is 26. The number of sulfonamides is 1. The predicted octanol–water partition coefficient (Wildman–Crippen LogP) is 8.19. The van der Waals surface area contributed by atoms with Gasteiger partial charge in [0.2, 0.25) is 27.6 Å². The number of carbonyl (C=O) groups is 6. The quantitative estimate of drug-likeness (QED) is 0.0250. The Bertz CT molecular complexity index is 3360. The number of Topliss-reactive ketones (excluding diaryl/α,β-unsaturated/α-hetero) is 2. The highest BCUT2D eigenvalue weighted by Gasteiger charge is 2.57. The highest BCUT2D eigenvalue weighted by atomic mass is 32.2. The van der Waals surface area contributed by atoms with Gasteiger partial charge in [-0.2, -0.15) is 4.31 Å². The highest BCUT2D eigenvalue weighted by molar-refractivity contribution is 7.89. The maximum Gasteiger partial charge on any atom is 0.328 e.